The van der Waals surface area contributed by atoms with E-state index in [1.807, 2.05) is 0 Å². The van der Waals surface area contributed by atoms with Crippen LogP contribution in [0, 0.1) is 0 Å². The first-order chi connectivity index (χ1) is 13.1. The van der Waals surface area contributed by atoms with Crippen molar-refractivity contribution < 1.29 is 19.1 Å². The van der Waals surface area contributed by atoms with Gasteiger partial charge in [-0.05, 0) is 13.3 Å². The third kappa shape index (κ3) is 19.3. The molecule has 0 rings (SSSR count). The van der Waals surface area contributed by atoms with E-state index in [-0.39, 0.29) is 19.2 Å². The van der Waals surface area contributed by atoms with Gasteiger partial charge in [-0.2, -0.15) is 0 Å². The van der Waals surface area contributed by atoms with Gasteiger partial charge in [0.25, 0.3) is 0 Å². The van der Waals surface area contributed by atoms with E-state index in [1.54, 1.807) is 6.92 Å². The first-order valence-corrected chi connectivity index (χ1v) is 11.1. The Morgan fingerprint density at radius 3 is 1.52 bits per heavy atom. The fourth-order valence-electron chi connectivity index (χ4n) is 2.95. The minimum absolute atomic E-state index is 0.0934. The average Bonchev–Trinajstić information content (AvgIpc) is 2.65. The Morgan fingerprint density at radius 2 is 1.07 bits per heavy atom. The second kappa shape index (κ2) is 19.4. The molecule has 0 spiro atoms. The monoisotopic (exact) mass is 382 g/mol. The lowest BCUT2D eigenvalue weighted by Gasteiger charge is -2.06. The van der Waals surface area contributed by atoms with Crippen LogP contribution in [0.5, 0.6) is 0 Å². The summed E-state index contributed by atoms with van der Waals surface area (Å²) in [6, 6.07) is 0. The molecule has 0 amide bonds. The van der Waals surface area contributed by atoms with Crippen molar-refractivity contribution in [1.29, 1.82) is 0 Å². The summed E-state index contributed by atoms with van der Waals surface area (Å²) in [7, 11) is 0. The van der Waals surface area contributed by atoms with Crippen molar-refractivity contribution in [2.75, 3.05) is 13.2 Å². The highest BCUT2D eigenvalue weighted by Gasteiger charge is 2.05. The van der Waals surface area contributed by atoms with E-state index in [1.165, 1.54) is 77.0 Å². The predicted octanol–water partition coefficient (Wildman–Crippen LogP) is 6.52. The van der Waals surface area contributed by atoms with E-state index in [0.29, 0.717) is 12.0 Å². The molecule has 0 heterocycles. The standard InChI is InChI=1S/C23H42O4/c1-4-5-6-7-8-9-10-11-12-13-14-15-16-17-18-22(24)26-19-20-27-23(25)21(2)3/h2,4-20H2,1,3H3. The Labute approximate surface area is 167 Å². The number of carbonyl (C=O) groups excluding carboxylic acids is 2. The van der Waals surface area contributed by atoms with Gasteiger partial charge in [0.15, 0.2) is 0 Å². The second-order valence-corrected chi connectivity index (χ2v) is 7.48. The zero-order chi connectivity index (χ0) is 20.2. The normalized spacial score (nSPS) is 10.6. The lowest BCUT2D eigenvalue weighted by Crippen LogP contribution is -2.14. The van der Waals surface area contributed by atoms with Crippen LogP contribution < -0.4 is 0 Å². The van der Waals surface area contributed by atoms with Gasteiger partial charge in [-0.3, -0.25) is 4.79 Å². The maximum Gasteiger partial charge on any atom is 0.333 e. The summed E-state index contributed by atoms with van der Waals surface area (Å²) in [6.45, 7) is 7.55. The smallest absolute Gasteiger partial charge is 0.333 e. The maximum absolute atomic E-state index is 11.6. The number of carbonyl (C=O) groups is 2. The van der Waals surface area contributed by atoms with Crippen molar-refractivity contribution in [3.8, 4) is 0 Å². The molecule has 0 unspecified atom stereocenters. The van der Waals surface area contributed by atoms with Gasteiger partial charge in [0, 0.05) is 12.0 Å². The van der Waals surface area contributed by atoms with Crippen molar-refractivity contribution in [2.45, 2.75) is 110 Å². The Kier molecular flexibility index (Phi) is 18.5. The Morgan fingerprint density at radius 1 is 0.667 bits per heavy atom. The van der Waals surface area contributed by atoms with Crippen LogP contribution in [-0.2, 0) is 19.1 Å². The molecule has 0 radical (unpaired) electrons. The van der Waals surface area contributed by atoms with E-state index in [4.69, 9.17) is 9.47 Å². The molecule has 0 aliphatic heterocycles. The second-order valence-electron chi connectivity index (χ2n) is 7.48. The molecule has 0 aromatic heterocycles. The van der Waals surface area contributed by atoms with E-state index in [0.717, 1.165) is 12.8 Å². The predicted molar refractivity (Wildman–Crippen MR) is 112 cm³/mol. The molecular formula is C23H42O4. The molecule has 0 aliphatic carbocycles. The van der Waals surface area contributed by atoms with Gasteiger partial charge >= 0.3 is 11.9 Å². The molecule has 27 heavy (non-hydrogen) atoms. The van der Waals surface area contributed by atoms with Crippen molar-refractivity contribution in [2.24, 2.45) is 0 Å². The average molecular weight is 383 g/mol. The first kappa shape index (κ1) is 25.7. The zero-order valence-corrected chi connectivity index (χ0v) is 17.9. The Bertz CT molecular complexity index is 390. The SMILES string of the molecule is C=C(C)C(=O)OCCOC(=O)CCCCCCCCCCCCCCCC. The number of ether oxygens (including phenoxy) is 2. The summed E-state index contributed by atoms with van der Waals surface area (Å²) < 4.78 is 9.90. The van der Waals surface area contributed by atoms with Gasteiger partial charge in [0.05, 0.1) is 0 Å². The summed E-state index contributed by atoms with van der Waals surface area (Å²) in [6.07, 6.45) is 18.6. The molecule has 0 N–H and O–H groups in total. The lowest BCUT2D eigenvalue weighted by molar-refractivity contribution is -0.150. The minimum atomic E-state index is -0.446. The molecule has 0 aromatic carbocycles. The molecular weight excluding hydrogens is 340 g/mol. The van der Waals surface area contributed by atoms with Crippen LogP contribution in [0.1, 0.15) is 110 Å². The van der Waals surface area contributed by atoms with Gasteiger partial charge in [-0.15, -0.1) is 0 Å². The molecule has 0 aromatic rings. The fraction of sp³-hybridized carbons (Fsp3) is 0.826. The van der Waals surface area contributed by atoms with Crippen LogP contribution in [-0.4, -0.2) is 25.2 Å². The van der Waals surface area contributed by atoms with Crippen LogP contribution in [0.3, 0.4) is 0 Å². The van der Waals surface area contributed by atoms with E-state index in [2.05, 4.69) is 13.5 Å². The van der Waals surface area contributed by atoms with Crippen molar-refractivity contribution in [3.63, 3.8) is 0 Å². The van der Waals surface area contributed by atoms with Crippen LogP contribution in [0.4, 0.5) is 0 Å². The van der Waals surface area contributed by atoms with Crippen LogP contribution in [0.15, 0.2) is 12.2 Å². The minimum Gasteiger partial charge on any atom is -0.462 e. The molecule has 0 atom stereocenters. The highest BCUT2D eigenvalue weighted by Crippen LogP contribution is 2.13. The number of hydrogen-bond donors (Lipinski definition) is 0. The number of hydrogen-bond acceptors (Lipinski definition) is 4. The molecule has 4 heteroatoms. The number of esters is 2. The topological polar surface area (TPSA) is 52.6 Å². The number of unbranched alkanes of at least 4 members (excludes halogenated alkanes) is 13. The Balaban J connectivity index is 3.22. The van der Waals surface area contributed by atoms with E-state index in [9.17, 15) is 9.59 Å². The first-order valence-electron chi connectivity index (χ1n) is 11.1. The van der Waals surface area contributed by atoms with Crippen molar-refractivity contribution >= 4 is 11.9 Å². The van der Waals surface area contributed by atoms with Crippen LogP contribution in [0.2, 0.25) is 0 Å². The zero-order valence-electron chi connectivity index (χ0n) is 17.9. The molecule has 158 valence electrons. The lowest BCUT2D eigenvalue weighted by atomic mass is 10.0. The molecule has 4 nitrogen and oxygen atoms in total. The van der Waals surface area contributed by atoms with Crippen LogP contribution >= 0.6 is 0 Å². The van der Waals surface area contributed by atoms with Crippen molar-refractivity contribution in [3.05, 3.63) is 12.2 Å². The number of rotatable bonds is 19. The Hall–Kier alpha value is -1.32. The quantitative estimate of drug-likeness (QED) is 0.145. The van der Waals surface area contributed by atoms with Gasteiger partial charge in [-0.1, -0.05) is 97.0 Å². The third-order valence-electron chi connectivity index (χ3n) is 4.66. The van der Waals surface area contributed by atoms with Gasteiger partial charge in [-0.25, -0.2) is 4.79 Å². The molecule has 0 saturated carbocycles. The highest BCUT2D eigenvalue weighted by atomic mass is 16.6. The molecule has 0 bridgehead atoms. The molecule has 0 fully saturated rings. The highest BCUT2D eigenvalue weighted by molar-refractivity contribution is 5.86. The van der Waals surface area contributed by atoms with Crippen LogP contribution in [0.25, 0.3) is 0 Å². The van der Waals surface area contributed by atoms with E-state index < -0.39 is 5.97 Å². The van der Waals surface area contributed by atoms with Gasteiger partial charge in [0.1, 0.15) is 13.2 Å². The third-order valence-corrected chi connectivity index (χ3v) is 4.66. The summed E-state index contributed by atoms with van der Waals surface area (Å²) in [5.74, 6) is -0.654. The summed E-state index contributed by atoms with van der Waals surface area (Å²) in [5.41, 5.74) is 0.351. The summed E-state index contributed by atoms with van der Waals surface area (Å²) >= 11 is 0. The maximum atomic E-state index is 11.6. The largest absolute Gasteiger partial charge is 0.462 e. The van der Waals surface area contributed by atoms with E-state index >= 15 is 0 Å². The van der Waals surface area contributed by atoms with Gasteiger partial charge in [0.2, 0.25) is 0 Å². The summed E-state index contributed by atoms with van der Waals surface area (Å²) in [4.78, 5) is 22.7. The molecule has 0 saturated heterocycles. The summed E-state index contributed by atoms with van der Waals surface area (Å²) in [5, 5.41) is 0. The fourth-order valence-corrected chi connectivity index (χ4v) is 2.95. The van der Waals surface area contributed by atoms with Crippen molar-refractivity contribution in [1.82, 2.24) is 0 Å². The van der Waals surface area contributed by atoms with Gasteiger partial charge < -0.3 is 9.47 Å². The molecule has 0 aliphatic rings.